The molecule has 0 radical (unpaired) electrons. The van der Waals surface area contributed by atoms with E-state index in [0.717, 1.165) is 3.57 Å². The fraction of sp³-hybridized carbons (Fsp3) is 0.231. The number of carbonyl (C=O) groups excluding carboxylic acids is 1. The average molecular weight is 355 g/mol. The molecule has 0 aliphatic rings. The van der Waals surface area contributed by atoms with Gasteiger partial charge in [0.25, 0.3) is 5.91 Å². The highest BCUT2D eigenvalue weighted by Gasteiger charge is 2.08. The molecular weight excluding hydrogens is 341 g/mol. The van der Waals surface area contributed by atoms with Crippen LogP contribution in [-0.4, -0.2) is 15.7 Å². The maximum Gasteiger partial charge on any atom is 0.255 e. The second kappa shape index (κ2) is 5.51. The van der Waals surface area contributed by atoms with Gasteiger partial charge in [0.15, 0.2) is 0 Å². The van der Waals surface area contributed by atoms with Crippen LogP contribution >= 0.6 is 22.6 Å². The predicted molar refractivity (Wildman–Crippen MR) is 79.7 cm³/mol. The van der Waals surface area contributed by atoms with E-state index in [4.69, 9.17) is 0 Å². The molecule has 0 spiro atoms. The van der Waals surface area contributed by atoms with E-state index >= 15 is 0 Å². The number of nitrogens with zero attached hydrogens (tertiary/aromatic N) is 2. The number of hydrogen-bond acceptors (Lipinski definition) is 2. The summed E-state index contributed by atoms with van der Waals surface area (Å²) in [5.41, 5.74) is 1.37. The van der Waals surface area contributed by atoms with E-state index in [0.29, 0.717) is 11.3 Å². The fourth-order valence-electron chi connectivity index (χ4n) is 1.52. The number of nitrogens with one attached hydrogen (secondary N) is 1. The first-order valence-corrected chi connectivity index (χ1v) is 6.75. The predicted octanol–water partition coefficient (Wildman–Crippen LogP) is 3.32. The van der Waals surface area contributed by atoms with Crippen LogP contribution < -0.4 is 5.32 Å². The number of halogens is 1. The molecule has 5 heteroatoms. The molecule has 18 heavy (non-hydrogen) atoms. The molecule has 94 valence electrons. The van der Waals surface area contributed by atoms with Crippen molar-refractivity contribution in [3.63, 3.8) is 0 Å². The Morgan fingerprint density at radius 2 is 2.22 bits per heavy atom. The Labute approximate surface area is 120 Å². The Bertz CT molecular complexity index is 563. The molecule has 0 bridgehead atoms. The summed E-state index contributed by atoms with van der Waals surface area (Å²) in [5.74, 6) is -0.114. The molecule has 2 aromatic rings. The third-order valence-electron chi connectivity index (χ3n) is 2.48. The van der Waals surface area contributed by atoms with Crippen molar-refractivity contribution in [2.24, 2.45) is 0 Å². The Morgan fingerprint density at radius 1 is 1.44 bits per heavy atom. The zero-order chi connectivity index (χ0) is 13.1. The van der Waals surface area contributed by atoms with Crippen LogP contribution in [0, 0.1) is 3.57 Å². The topological polar surface area (TPSA) is 46.9 Å². The summed E-state index contributed by atoms with van der Waals surface area (Å²) in [6.45, 7) is 4.08. The van der Waals surface area contributed by atoms with Gasteiger partial charge in [-0.05, 0) is 54.6 Å². The van der Waals surface area contributed by atoms with Crippen molar-refractivity contribution in [3.8, 4) is 0 Å². The van der Waals surface area contributed by atoms with Crippen molar-refractivity contribution in [1.82, 2.24) is 9.78 Å². The Hall–Kier alpha value is -1.37. The molecule has 0 aliphatic carbocycles. The average Bonchev–Trinajstić information content (AvgIpc) is 2.77. The maximum absolute atomic E-state index is 12.0. The molecular formula is C13H14IN3O. The van der Waals surface area contributed by atoms with Gasteiger partial charge >= 0.3 is 0 Å². The maximum atomic E-state index is 12.0. The van der Waals surface area contributed by atoms with Crippen LogP contribution in [0.3, 0.4) is 0 Å². The number of hydrogen-bond donors (Lipinski definition) is 1. The van der Waals surface area contributed by atoms with E-state index in [2.05, 4.69) is 33.0 Å². The molecule has 0 aliphatic heterocycles. The first kappa shape index (κ1) is 13.1. The minimum atomic E-state index is -0.114. The summed E-state index contributed by atoms with van der Waals surface area (Å²) in [6, 6.07) is 7.75. The molecule has 1 N–H and O–H groups in total. The zero-order valence-electron chi connectivity index (χ0n) is 10.2. The molecule has 0 atom stereocenters. The number of rotatable bonds is 3. The van der Waals surface area contributed by atoms with Crippen molar-refractivity contribution < 1.29 is 4.79 Å². The van der Waals surface area contributed by atoms with Crippen molar-refractivity contribution in [3.05, 3.63) is 45.8 Å². The zero-order valence-corrected chi connectivity index (χ0v) is 12.4. The molecule has 0 saturated heterocycles. The highest BCUT2D eigenvalue weighted by Crippen LogP contribution is 2.13. The fourth-order valence-corrected chi connectivity index (χ4v) is 2.06. The van der Waals surface area contributed by atoms with Gasteiger partial charge in [-0.3, -0.25) is 9.48 Å². The third kappa shape index (κ3) is 3.10. The Kier molecular flexibility index (Phi) is 4.00. The Balaban J connectivity index is 2.11. The number of benzene rings is 1. The van der Waals surface area contributed by atoms with Crippen LogP contribution in [0.5, 0.6) is 0 Å². The molecule has 1 amide bonds. The second-order valence-electron chi connectivity index (χ2n) is 4.27. The monoisotopic (exact) mass is 355 g/mol. The van der Waals surface area contributed by atoms with Gasteiger partial charge in [-0.15, -0.1) is 0 Å². The van der Waals surface area contributed by atoms with Gasteiger partial charge in [-0.2, -0.15) is 5.10 Å². The van der Waals surface area contributed by atoms with Crippen LogP contribution in [0.4, 0.5) is 5.69 Å². The molecule has 0 saturated carbocycles. The van der Waals surface area contributed by atoms with Gasteiger partial charge in [0.2, 0.25) is 0 Å². The molecule has 2 rings (SSSR count). The standard InChI is InChI=1S/C13H14IN3O/c1-9(2)17-8-12(7-15-17)16-13(18)10-4-3-5-11(14)6-10/h3-9H,1-2H3,(H,16,18). The molecule has 0 unspecified atom stereocenters. The summed E-state index contributed by atoms with van der Waals surface area (Å²) < 4.78 is 2.85. The number of amides is 1. The van der Waals surface area contributed by atoms with Crippen LogP contribution in [-0.2, 0) is 0 Å². The lowest BCUT2D eigenvalue weighted by Gasteiger charge is -2.04. The van der Waals surface area contributed by atoms with E-state index in [1.165, 1.54) is 0 Å². The van der Waals surface area contributed by atoms with E-state index in [1.807, 2.05) is 42.9 Å². The first-order chi connectivity index (χ1) is 8.56. The van der Waals surface area contributed by atoms with E-state index in [9.17, 15) is 4.79 Å². The van der Waals surface area contributed by atoms with Crippen molar-refractivity contribution in [2.45, 2.75) is 19.9 Å². The summed E-state index contributed by atoms with van der Waals surface area (Å²) in [6.07, 6.45) is 3.49. The van der Waals surface area contributed by atoms with Crippen molar-refractivity contribution in [1.29, 1.82) is 0 Å². The number of anilines is 1. The number of carbonyl (C=O) groups is 1. The molecule has 1 aromatic carbocycles. The molecule has 1 aromatic heterocycles. The van der Waals surface area contributed by atoms with Crippen LogP contribution in [0.1, 0.15) is 30.2 Å². The summed E-state index contributed by atoms with van der Waals surface area (Å²) in [4.78, 5) is 12.0. The van der Waals surface area contributed by atoms with E-state index in [1.54, 1.807) is 12.3 Å². The van der Waals surface area contributed by atoms with Crippen LogP contribution in [0.15, 0.2) is 36.7 Å². The lowest BCUT2D eigenvalue weighted by molar-refractivity contribution is 0.102. The van der Waals surface area contributed by atoms with Gasteiger partial charge in [-0.25, -0.2) is 0 Å². The van der Waals surface area contributed by atoms with Crippen molar-refractivity contribution >= 4 is 34.2 Å². The summed E-state index contributed by atoms with van der Waals surface area (Å²) in [7, 11) is 0. The summed E-state index contributed by atoms with van der Waals surface area (Å²) >= 11 is 2.19. The van der Waals surface area contributed by atoms with Crippen LogP contribution in [0.2, 0.25) is 0 Å². The third-order valence-corrected chi connectivity index (χ3v) is 3.15. The normalized spacial score (nSPS) is 10.7. The number of aromatic nitrogens is 2. The van der Waals surface area contributed by atoms with Gasteiger partial charge < -0.3 is 5.32 Å². The van der Waals surface area contributed by atoms with E-state index in [-0.39, 0.29) is 11.9 Å². The Morgan fingerprint density at radius 3 is 2.83 bits per heavy atom. The van der Waals surface area contributed by atoms with Gasteiger partial charge in [0.1, 0.15) is 0 Å². The SMILES string of the molecule is CC(C)n1cc(NC(=O)c2cccc(I)c2)cn1. The first-order valence-electron chi connectivity index (χ1n) is 5.67. The molecule has 1 heterocycles. The minimum Gasteiger partial charge on any atom is -0.319 e. The summed E-state index contributed by atoms with van der Waals surface area (Å²) in [5, 5.41) is 7.02. The van der Waals surface area contributed by atoms with Crippen LogP contribution in [0.25, 0.3) is 0 Å². The van der Waals surface area contributed by atoms with Gasteiger partial charge in [0.05, 0.1) is 11.9 Å². The highest BCUT2D eigenvalue weighted by molar-refractivity contribution is 14.1. The second-order valence-corrected chi connectivity index (χ2v) is 5.51. The van der Waals surface area contributed by atoms with Gasteiger partial charge in [-0.1, -0.05) is 6.07 Å². The van der Waals surface area contributed by atoms with Crippen molar-refractivity contribution in [2.75, 3.05) is 5.32 Å². The quantitative estimate of drug-likeness (QED) is 0.859. The largest absolute Gasteiger partial charge is 0.319 e. The smallest absolute Gasteiger partial charge is 0.255 e. The lowest BCUT2D eigenvalue weighted by Crippen LogP contribution is -2.11. The minimum absolute atomic E-state index is 0.114. The molecule has 4 nitrogen and oxygen atoms in total. The van der Waals surface area contributed by atoms with Gasteiger partial charge in [0, 0.05) is 21.4 Å². The molecule has 0 fully saturated rings. The lowest BCUT2D eigenvalue weighted by atomic mass is 10.2. The van der Waals surface area contributed by atoms with E-state index < -0.39 is 0 Å². The highest BCUT2D eigenvalue weighted by atomic mass is 127.